The third kappa shape index (κ3) is 2.95. The number of hydrogen-bond donors (Lipinski definition) is 2. The number of nitrogens with zero attached hydrogens (tertiary/aromatic N) is 5. The molecule has 0 saturated carbocycles. The zero-order valence-electron chi connectivity index (χ0n) is 16.9. The van der Waals surface area contributed by atoms with Crippen molar-refractivity contribution in [2.75, 3.05) is 12.3 Å². The van der Waals surface area contributed by atoms with Crippen LogP contribution in [0, 0.1) is 11.3 Å². The highest BCUT2D eigenvalue weighted by Crippen LogP contribution is 2.38. The van der Waals surface area contributed by atoms with E-state index in [1.54, 1.807) is 15.6 Å². The van der Waals surface area contributed by atoms with Gasteiger partial charge in [-0.1, -0.05) is 18.7 Å². The van der Waals surface area contributed by atoms with Crippen LogP contribution in [0.5, 0.6) is 0 Å². The highest BCUT2D eigenvalue weighted by atomic mass is 16.2. The summed E-state index contributed by atoms with van der Waals surface area (Å²) in [7, 11) is 1.87. The minimum Gasteiger partial charge on any atom is -0.398 e. The highest BCUT2D eigenvalue weighted by Gasteiger charge is 2.32. The number of benzene rings is 2. The second-order valence-corrected chi connectivity index (χ2v) is 7.64. The van der Waals surface area contributed by atoms with Crippen molar-refractivity contribution >= 4 is 22.5 Å². The van der Waals surface area contributed by atoms with Gasteiger partial charge in [-0.2, -0.15) is 15.5 Å². The molecule has 0 aliphatic carbocycles. The summed E-state index contributed by atoms with van der Waals surface area (Å²) in [6, 6.07) is 13.6. The SMILES string of the molecule is C=C(C#N)CN1Cc2c(-c3ccc4[nH]nc(-c5ccn(C)n5)c4c3)ccc(N)c2C1=O. The standard InChI is InChI=1S/C23H19N7O/c1-13(10-24)11-30-12-17-15(4-5-18(25)21(17)23(30)31)14-3-6-19-16(9-14)22(27-26-19)20-7-8-29(2)28-20/h3-9H,1,11-12,25H2,2H3,(H,26,27). The number of aryl methyl sites for hydroxylation is 1. The number of nitriles is 1. The maximum atomic E-state index is 12.9. The van der Waals surface area contributed by atoms with Crippen LogP contribution < -0.4 is 5.73 Å². The first-order valence-corrected chi connectivity index (χ1v) is 9.73. The van der Waals surface area contributed by atoms with Crippen LogP contribution in [0.1, 0.15) is 15.9 Å². The predicted octanol–water partition coefficient (Wildman–Crippen LogP) is 3.25. The van der Waals surface area contributed by atoms with Gasteiger partial charge in [0.25, 0.3) is 5.91 Å². The van der Waals surface area contributed by atoms with Crippen LogP contribution in [-0.2, 0) is 13.6 Å². The molecule has 2 aromatic heterocycles. The number of nitrogen functional groups attached to an aromatic ring is 1. The smallest absolute Gasteiger partial charge is 0.256 e. The number of aromatic nitrogens is 4. The van der Waals surface area contributed by atoms with E-state index in [2.05, 4.69) is 27.9 Å². The Balaban J connectivity index is 1.62. The molecule has 1 aliphatic rings. The third-order valence-corrected chi connectivity index (χ3v) is 5.57. The van der Waals surface area contributed by atoms with Gasteiger partial charge in [0.1, 0.15) is 11.4 Å². The Labute approximate surface area is 178 Å². The van der Waals surface area contributed by atoms with Crippen molar-refractivity contribution in [3.8, 4) is 28.6 Å². The van der Waals surface area contributed by atoms with Crippen molar-refractivity contribution in [3.63, 3.8) is 0 Å². The van der Waals surface area contributed by atoms with Crippen LogP contribution in [-0.4, -0.2) is 37.3 Å². The Morgan fingerprint density at radius 3 is 2.90 bits per heavy atom. The summed E-state index contributed by atoms with van der Waals surface area (Å²) in [4.78, 5) is 14.5. The van der Waals surface area contributed by atoms with E-state index in [0.29, 0.717) is 23.4 Å². The van der Waals surface area contributed by atoms with E-state index < -0.39 is 0 Å². The fourth-order valence-corrected chi connectivity index (χ4v) is 4.09. The van der Waals surface area contributed by atoms with Crippen molar-refractivity contribution in [2.45, 2.75) is 6.54 Å². The Morgan fingerprint density at radius 1 is 1.32 bits per heavy atom. The van der Waals surface area contributed by atoms with Crippen LogP contribution in [0.25, 0.3) is 33.4 Å². The van der Waals surface area contributed by atoms with Crippen molar-refractivity contribution in [3.05, 3.63) is 65.9 Å². The molecule has 0 spiro atoms. The fourth-order valence-electron chi connectivity index (χ4n) is 4.09. The van der Waals surface area contributed by atoms with E-state index >= 15 is 0 Å². The van der Waals surface area contributed by atoms with Crippen molar-refractivity contribution in [2.24, 2.45) is 7.05 Å². The number of fused-ring (bicyclic) bond motifs is 2. The number of H-pyrrole nitrogens is 1. The van der Waals surface area contributed by atoms with Gasteiger partial charge >= 0.3 is 0 Å². The number of carbonyl (C=O) groups excluding carboxylic acids is 1. The summed E-state index contributed by atoms with van der Waals surface area (Å²) >= 11 is 0. The van der Waals surface area contributed by atoms with Gasteiger partial charge in [0.2, 0.25) is 0 Å². The molecule has 0 bridgehead atoms. The van der Waals surface area contributed by atoms with Gasteiger partial charge in [0.15, 0.2) is 0 Å². The van der Waals surface area contributed by atoms with E-state index in [4.69, 9.17) is 11.0 Å². The topological polar surface area (TPSA) is 117 Å². The zero-order valence-corrected chi connectivity index (χ0v) is 16.9. The third-order valence-electron chi connectivity index (χ3n) is 5.57. The molecule has 0 fully saturated rings. The van der Waals surface area contributed by atoms with Gasteiger partial charge in [-0.15, -0.1) is 0 Å². The molecule has 0 saturated heterocycles. The summed E-state index contributed by atoms with van der Waals surface area (Å²) < 4.78 is 1.74. The number of amides is 1. The monoisotopic (exact) mass is 409 g/mol. The minimum atomic E-state index is -0.177. The van der Waals surface area contributed by atoms with Gasteiger partial charge in [-0.25, -0.2) is 0 Å². The highest BCUT2D eigenvalue weighted by molar-refractivity contribution is 6.06. The van der Waals surface area contributed by atoms with E-state index in [1.165, 1.54) is 0 Å². The molecule has 0 unspecified atom stereocenters. The number of hydrogen-bond acceptors (Lipinski definition) is 5. The Morgan fingerprint density at radius 2 is 2.16 bits per heavy atom. The molecule has 3 N–H and O–H groups in total. The maximum Gasteiger partial charge on any atom is 0.256 e. The van der Waals surface area contributed by atoms with E-state index in [0.717, 1.165) is 39.0 Å². The van der Waals surface area contributed by atoms with Gasteiger partial charge in [-0.05, 0) is 41.0 Å². The largest absolute Gasteiger partial charge is 0.398 e. The molecule has 1 aliphatic heterocycles. The lowest BCUT2D eigenvalue weighted by Crippen LogP contribution is -2.26. The maximum absolute atomic E-state index is 12.9. The van der Waals surface area contributed by atoms with Crippen LogP contribution in [0.4, 0.5) is 5.69 Å². The molecule has 8 heteroatoms. The van der Waals surface area contributed by atoms with Gasteiger partial charge in [0, 0.05) is 36.4 Å². The van der Waals surface area contributed by atoms with Crippen molar-refractivity contribution in [1.29, 1.82) is 5.26 Å². The number of aromatic amines is 1. The Hall–Kier alpha value is -4.38. The minimum absolute atomic E-state index is 0.177. The average Bonchev–Trinajstić information content (AvgIpc) is 3.45. The molecular formula is C23H19N7O. The summed E-state index contributed by atoms with van der Waals surface area (Å²) in [6.07, 6.45) is 1.88. The fraction of sp³-hybridized carbons (Fsp3) is 0.130. The van der Waals surface area contributed by atoms with Gasteiger partial charge < -0.3 is 10.6 Å². The molecule has 4 aromatic rings. The summed E-state index contributed by atoms with van der Waals surface area (Å²) in [5.74, 6) is -0.177. The molecule has 0 atom stereocenters. The number of carbonyl (C=O) groups is 1. The quantitative estimate of drug-likeness (QED) is 0.396. The Kier molecular flexibility index (Phi) is 4.12. The number of nitrogens with one attached hydrogen (secondary N) is 1. The average molecular weight is 409 g/mol. The molecule has 152 valence electrons. The predicted molar refractivity (Wildman–Crippen MR) is 118 cm³/mol. The summed E-state index contributed by atoms with van der Waals surface area (Å²) in [5.41, 5.74) is 12.6. The van der Waals surface area contributed by atoms with Crippen molar-refractivity contribution < 1.29 is 4.79 Å². The Bertz CT molecular complexity index is 1420. The number of anilines is 1. The summed E-state index contributed by atoms with van der Waals surface area (Å²) in [6.45, 7) is 4.27. The van der Waals surface area contributed by atoms with Crippen LogP contribution >= 0.6 is 0 Å². The zero-order chi connectivity index (χ0) is 21.7. The molecule has 8 nitrogen and oxygen atoms in total. The van der Waals surface area contributed by atoms with Crippen LogP contribution in [0.3, 0.4) is 0 Å². The molecule has 2 aromatic carbocycles. The second kappa shape index (κ2) is 6.85. The lowest BCUT2D eigenvalue weighted by atomic mass is 9.94. The van der Waals surface area contributed by atoms with Crippen molar-refractivity contribution in [1.82, 2.24) is 24.9 Å². The molecule has 0 radical (unpaired) electrons. The normalized spacial score (nSPS) is 12.9. The van der Waals surface area contributed by atoms with Crippen LogP contribution in [0.2, 0.25) is 0 Å². The lowest BCUT2D eigenvalue weighted by Gasteiger charge is -2.14. The molecule has 1 amide bonds. The van der Waals surface area contributed by atoms with Gasteiger partial charge in [-0.3, -0.25) is 14.6 Å². The number of nitrogens with two attached hydrogens (primary N) is 1. The first-order valence-electron chi connectivity index (χ1n) is 9.73. The van der Waals surface area contributed by atoms with E-state index in [9.17, 15) is 4.79 Å². The van der Waals surface area contributed by atoms with Gasteiger partial charge in [0.05, 0.1) is 23.7 Å². The first kappa shape index (κ1) is 18.6. The summed E-state index contributed by atoms with van der Waals surface area (Å²) in [5, 5.41) is 22.0. The van der Waals surface area contributed by atoms with E-state index in [1.807, 2.05) is 43.6 Å². The lowest BCUT2D eigenvalue weighted by molar-refractivity contribution is 0.0794. The molecule has 31 heavy (non-hydrogen) atoms. The van der Waals surface area contributed by atoms with Crippen LogP contribution in [0.15, 0.2) is 54.7 Å². The number of rotatable bonds is 4. The second-order valence-electron chi connectivity index (χ2n) is 7.64. The molecular weight excluding hydrogens is 390 g/mol. The first-order chi connectivity index (χ1) is 15.0. The molecule has 5 rings (SSSR count). The molecule has 3 heterocycles. The van der Waals surface area contributed by atoms with E-state index in [-0.39, 0.29) is 12.5 Å².